The second-order valence-corrected chi connectivity index (χ2v) is 2.02. The summed E-state index contributed by atoms with van der Waals surface area (Å²) in [7, 11) is 1.26. The Kier molecular flexibility index (Phi) is 4.52. The molecule has 68 valence electrons. The molecule has 2 N–H and O–H groups in total. The first-order chi connectivity index (χ1) is 5.56. The highest BCUT2D eigenvalue weighted by atomic mass is 16.6. The van der Waals surface area contributed by atoms with Gasteiger partial charge in [0.2, 0.25) is 0 Å². The number of nitrogens with two attached hydrogens (primary N) is 1. The third-order valence-corrected chi connectivity index (χ3v) is 1.01. The molecule has 0 spiro atoms. The quantitative estimate of drug-likeness (QED) is 0.488. The van der Waals surface area contributed by atoms with E-state index in [0.29, 0.717) is 0 Å². The minimum Gasteiger partial charge on any atom is -0.466 e. The molecule has 5 heteroatoms. The fourth-order valence-corrected chi connectivity index (χ4v) is 0.505. The number of ether oxygens (including phenoxy) is 2. The minimum atomic E-state index is -0.878. The topological polar surface area (TPSA) is 78.6 Å². The normalized spacial score (nSPS) is 12.5. The van der Waals surface area contributed by atoms with Crippen LogP contribution in [0.25, 0.3) is 0 Å². The van der Waals surface area contributed by atoms with Gasteiger partial charge in [0.25, 0.3) is 0 Å². The molecule has 1 unspecified atom stereocenters. The van der Waals surface area contributed by atoms with Gasteiger partial charge >= 0.3 is 12.1 Å². The molecule has 0 rings (SSSR count). The molecular formula is C7H11NO4. The van der Waals surface area contributed by atoms with Crippen LogP contribution in [-0.4, -0.2) is 25.3 Å². The maximum Gasteiger partial charge on any atom is 0.405 e. The molecule has 0 aliphatic heterocycles. The molecule has 0 aliphatic rings. The van der Waals surface area contributed by atoms with Gasteiger partial charge in [-0.05, 0) is 13.0 Å². The van der Waals surface area contributed by atoms with Crippen molar-refractivity contribution in [3.05, 3.63) is 12.2 Å². The number of primary amides is 1. The molecule has 0 radical (unpaired) electrons. The van der Waals surface area contributed by atoms with Gasteiger partial charge in [-0.3, -0.25) is 0 Å². The number of esters is 1. The average Bonchev–Trinajstić information content (AvgIpc) is 1.99. The van der Waals surface area contributed by atoms with Crippen LogP contribution in [0, 0.1) is 0 Å². The van der Waals surface area contributed by atoms with Crippen LogP contribution in [0.3, 0.4) is 0 Å². The molecule has 0 heterocycles. The largest absolute Gasteiger partial charge is 0.466 e. The molecule has 0 saturated carbocycles. The minimum absolute atomic E-state index is 0.505. The van der Waals surface area contributed by atoms with Crippen LogP contribution >= 0.6 is 0 Å². The smallest absolute Gasteiger partial charge is 0.405 e. The molecule has 0 aromatic rings. The van der Waals surface area contributed by atoms with Gasteiger partial charge in [0, 0.05) is 6.08 Å². The van der Waals surface area contributed by atoms with Gasteiger partial charge in [-0.1, -0.05) is 0 Å². The number of rotatable bonds is 3. The SMILES string of the molecule is COC(=O)C=CC(C)OC(N)=O. The van der Waals surface area contributed by atoms with Crippen molar-refractivity contribution < 1.29 is 19.1 Å². The van der Waals surface area contributed by atoms with Crippen LogP contribution in [0.4, 0.5) is 4.79 Å². The van der Waals surface area contributed by atoms with Crippen LogP contribution in [0.1, 0.15) is 6.92 Å². The summed E-state index contributed by atoms with van der Waals surface area (Å²) in [5, 5.41) is 0. The van der Waals surface area contributed by atoms with E-state index < -0.39 is 18.2 Å². The van der Waals surface area contributed by atoms with Crippen molar-refractivity contribution in [2.45, 2.75) is 13.0 Å². The predicted molar refractivity (Wildman–Crippen MR) is 41.3 cm³/mol. The molecule has 5 nitrogen and oxygen atoms in total. The Balaban J connectivity index is 3.82. The zero-order chi connectivity index (χ0) is 9.56. The Hall–Kier alpha value is -1.52. The first-order valence-electron chi connectivity index (χ1n) is 3.28. The van der Waals surface area contributed by atoms with Crippen molar-refractivity contribution >= 4 is 12.1 Å². The molecule has 0 bridgehead atoms. The van der Waals surface area contributed by atoms with Gasteiger partial charge in [-0.15, -0.1) is 0 Å². The van der Waals surface area contributed by atoms with Gasteiger partial charge in [0.1, 0.15) is 6.10 Å². The number of hydrogen-bond acceptors (Lipinski definition) is 4. The lowest BCUT2D eigenvalue weighted by Gasteiger charge is -2.04. The highest BCUT2D eigenvalue weighted by Crippen LogP contribution is 1.92. The van der Waals surface area contributed by atoms with Gasteiger partial charge in [-0.2, -0.15) is 0 Å². The van der Waals surface area contributed by atoms with E-state index in [1.54, 1.807) is 6.92 Å². The van der Waals surface area contributed by atoms with Crippen LogP contribution in [0.5, 0.6) is 0 Å². The third kappa shape index (κ3) is 5.28. The van der Waals surface area contributed by atoms with Gasteiger partial charge < -0.3 is 15.2 Å². The van der Waals surface area contributed by atoms with Crippen molar-refractivity contribution in [1.29, 1.82) is 0 Å². The fourth-order valence-electron chi connectivity index (χ4n) is 0.505. The maximum absolute atomic E-state index is 10.5. The Bertz CT molecular complexity index is 200. The van der Waals surface area contributed by atoms with Crippen LogP contribution in [0.15, 0.2) is 12.2 Å². The van der Waals surface area contributed by atoms with E-state index in [9.17, 15) is 9.59 Å². The summed E-state index contributed by atoms with van der Waals surface area (Å²) in [6, 6.07) is 0. The lowest BCUT2D eigenvalue weighted by molar-refractivity contribution is -0.134. The number of methoxy groups -OCH3 is 1. The molecule has 0 saturated heterocycles. The van der Waals surface area contributed by atoms with Crippen molar-refractivity contribution in [2.75, 3.05) is 7.11 Å². The Labute approximate surface area is 70.1 Å². The summed E-state index contributed by atoms with van der Waals surface area (Å²) in [5.41, 5.74) is 4.72. The van der Waals surface area contributed by atoms with Gasteiger partial charge in [-0.25, -0.2) is 9.59 Å². The fraction of sp³-hybridized carbons (Fsp3) is 0.429. The zero-order valence-electron chi connectivity index (χ0n) is 6.94. The lowest BCUT2D eigenvalue weighted by Crippen LogP contribution is -2.18. The first-order valence-corrected chi connectivity index (χ1v) is 3.28. The van der Waals surface area contributed by atoms with Crippen LogP contribution in [-0.2, 0) is 14.3 Å². The summed E-state index contributed by atoms with van der Waals surface area (Å²) in [6.07, 6.45) is 1.13. The molecule has 1 amide bonds. The Morgan fingerprint density at radius 2 is 2.08 bits per heavy atom. The van der Waals surface area contributed by atoms with E-state index in [1.807, 2.05) is 0 Å². The van der Waals surface area contributed by atoms with Gasteiger partial charge in [0.05, 0.1) is 7.11 Å². The first kappa shape index (κ1) is 10.5. The molecular weight excluding hydrogens is 162 g/mol. The van der Waals surface area contributed by atoms with E-state index >= 15 is 0 Å². The van der Waals surface area contributed by atoms with E-state index in [4.69, 9.17) is 5.73 Å². The monoisotopic (exact) mass is 173 g/mol. The summed E-state index contributed by atoms with van der Waals surface area (Å²) >= 11 is 0. The maximum atomic E-state index is 10.5. The molecule has 1 atom stereocenters. The number of amides is 1. The van der Waals surface area contributed by atoms with E-state index in [1.165, 1.54) is 13.2 Å². The van der Waals surface area contributed by atoms with Crippen molar-refractivity contribution in [3.8, 4) is 0 Å². The van der Waals surface area contributed by atoms with E-state index in [2.05, 4.69) is 9.47 Å². The molecule has 12 heavy (non-hydrogen) atoms. The third-order valence-electron chi connectivity index (χ3n) is 1.01. The zero-order valence-corrected chi connectivity index (χ0v) is 6.94. The summed E-state index contributed by atoms with van der Waals surface area (Å²) < 4.78 is 8.80. The molecule has 0 fully saturated rings. The van der Waals surface area contributed by atoms with Crippen molar-refractivity contribution in [3.63, 3.8) is 0 Å². The standard InChI is InChI=1S/C7H11NO4/c1-5(12-7(8)10)3-4-6(9)11-2/h3-5H,1-2H3,(H2,8,10). The predicted octanol–water partition coefficient (Wildman–Crippen LogP) is 0.199. The Morgan fingerprint density at radius 3 is 2.50 bits per heavy atom. The summed E-state index contributed by atoms with van der Waals surface area (Å²) in [6.45, 7) is 1.57. The van der Waals surface area contributed by atoms with E-state index in [-0.39, 0.29) is 0 Å². The number of carbonyl (C=O) groups excluding carboxylic acids is 2. The molecule has 0 aliphatic carbocycles. The summed E-state index contributed by atoms with van der Waals surface area (Å²) in [5.74, 6) is -0.505. The van der Waals surface area contributed by atoms with Gasteiger partial charge in [0.15, 0.2) is 0 Å². The second kappa shape index (κ2) is 5.17. The van der Waals surface area contributed by atoms with Crippen molar-refractivity contribution in [1.82, 2.24) is 0 Å². The lowest BCUT2D eigenvalue weighted by atomic mass is 10.3. The summed E-state index contributed by atoms with van der Waals surface area (Å²) in [4.78, 5) is 20.7. The van der Waals surface area contributed by atoms with Crippen LogP contribution in [0.2, 0.25) is 0 Å². The highest BCUT2D eigenvalue weighted by Gasteiger charge is 2.01. The Morgan fingerprint density at radius 1 is 1.50 bits per heavy atom. The average molecular weight is 173 g/mol. The number of carbonyl (C=O) groups is 2. The molecule has 0 aromatic heterocycles. The second-order valence-electron chi connectivity index (χ2n) is 2.02. The highest BCUT2D eigenvalue weighted by molar-refractivity contribution is 5.81. The van der Waals surface area contributed by atoms with Crippen molar-refractivity contribution in [2.24, 2.45) is 5.73 Å². The number of hydrogen-bond donors (Lipinski definition) is 1. The molecule has 0 aromatic carbocycles. The van der Waals surface area contributed by atoms with Crippen LogP contribution < -0.4 is 5.73 Å². The van der Waals surface area contributed by atoms with E-state index in [0.717, 1.165) is 6.08 Å².